The molecule has 1 aromatic heterocycles. The van der Waals surface area contributed by atoms with Crippen LogP contribution in [0.1, 0.15) is 46.6 Å². The fourth-order valence-corrected chi connectivity index (χ4v) is 3.31. The number of ether oxygens (including phenoxy) is 1. The molecule has 0 saturated carbocycles. The third-order valence-electron chi connectivity index (χ3n) is 4.06. The number of thiol groups is 1. The second-order valence-electron chi connectivity index (χ2n) is 5.88. The van der Waals surface area contributed by atoms with E-state index in [2.05, 4.69) is 18.9 Å². The maximum absolute atomic E-state index is 12.7. The Morgan fingerprint density at radius 3 is 2.21 bits per heavy atom. The molecule has 0 unspecified atom stereocenters. The first-order valence-corrected chi connectivity index (χ1v) is 8.45. The average Bonchev–Trinajstić information content (AvgIpc) is 2.51. The Bertz CT molecular complexity index is 832. The maximum Gasteiger partial charge on any atom is 0.344 e. The van der Waals surface area contributed by atoms with Crippen molar-refractivity contribution in [3.8, 4) is 11.1 Å². The van der Waals surface area contributed by atoms with E-state index >= 15 is 0 Å². The fraction of sp³-hybridized carbons (Fsp3) is 0.368. The Hall–Kier alpha value is -2.01. The van der Waals surface area contributed by atoms with Crippen LogP contribution >= 0.6 is 12.8 Å². The zero-order chi connectivity index (χ0) is 18.0. The van der Waals surface area contributed by atoms with Gasteiger partial charge in [-0.3, -0.25) is 8.77 Å². The SMILES string of the molecule is CCOC(=O)c1c(-c2cc(C)cc(C)c2)c(CC)c(C)n(S)c1=O. The summed E-state index contributed by atoms with van der Waals surface area (Å²) in [5.41, 5.74) is 4.96. The van der Waals surface area contributed by atoms with Gasteiger partial charge in [-0.2, -0.15) is 0 Å². The number of hydrogen-bond acceptors (Lipinski definition) is 4. The third-order valence-corrected chi connectivity index (χ3v) is 4.54. The summed E-state index contributed by atoms with van der Waals surface area (Å²) in [6.07, 6.45) is 0.682. The average molecular weight is 345 g/mol. The monoisotopic (exact) mass is 345 g/mol. The molecule has 0 radical (unpaired) electrons. The number of nitrogens with zero attached hydrogens (tertiary/aromatic N) is 1. The molecular formula is C19H23NO3S. The van der Waals surface area contributed by atoms with Crippen molar-refractivity contribution in [1.82, 2.24) is 3.97 Å². The highest BCUT2D eigenvalue weighted by molar-refractivity contribution is 7.78. The van der Waals surface area contributed by atoms with Crippen LogP contribution in [-0.2, 0) is 11.2 Å². The molecule has 24 heavy (non-hydrogen) atoms. The van der Waals surface area contributed by atoms with Crippen molar-refractivity contribution in [2.75, 3.05) is 6.61 Å². The number of benzene rings is 1. The minimum absolute atomic E-state index is 0.0549. The van der Waals surface area contributed by atoms with Crippen LogP contribution in [-0.4, -0.2) is 16.5 Å². The lowest BCUT2D eigenvalue weighted by Crippen LogP contribution is -2.28. The smallest absolute Gasteiger partial charge is 0.344 e. The number of aryl methyl sites for hydroxylation is 2. The summed E-state index contributed by atoms with van der Waals surface area (Å²) in [6.45, 7) is 9.78. The standard InChI is InChI=1S/C19H23NO3S/c1-6-15-13(5)20(24)18(21)17(19(22)23-7-2)16(15)14-9-11(3)8-12(4)10-14/h8-10,24H,6-7H2,1-5H3. The number of carbonyl (C=O) groups is 1. The number of rotatable bonds is 4. The second kappa shape index (κ2) is 7.26. The third kappa shape index (κ3) is 3.26. The van der Waals surface area contributed by atoms with E-state index in [-0.39, 0.29) is 12.2 Å². The van der Waals surface area contributed by atoms with E-state index in [1.54, 1.807) is 6.92 Å². The molecule has 0 aliphatic heterocycles. The summed E-state index contributed by atoms with van der Waals surface area (Å²) < 4.78 is 6.37. The summed E-state index contributed by atoms with van der Waals surface area (Å²) in [5, 5.41) is 0. The first-order chi connectivity index (χ1) is 11.3. The van der Waals surface area contributed by atoms with E-state index in [1.807, 2.05) is 39.8 Å². The lowest BCUT2D eigenvalue weighted by Gasteiger charge is -2.18. The minimum Gasteiger partial charge on any atom is -0.462 e. The first-order valence-electron chi connectivity index (χ1n) is 8.05. The van der Waals surface area contributed by atoms with Crippen molar-refractivity contribution >= 4 is 18.8 Å². The summed E-state index contributed by atoms with van der Waals surface area (Å²) >= 11 is 4.26. The van der Waals surface area contributed by atoms with Gasteiger partial charge in [0.1, 0.15) is 5.56 Å². The highest BCUT2D eigenvalue weighted by Gasteiger charge is 2.25. The van der Waals surface area contributed by atoms with Crippen LogP contribution in [0.5, 0.6) is 0 Å². The molecule has 0 atom stereocenters. The Morgan fingerprint density at radius 1 is 1.12 bits per heavy atom. The van der Waals surface area contributed by atoms with Crippen LogP contribution in [0, 0.1) is 20.8 Å². The summed E-state index contributed by atoms with van der Waals surface area (Å²) in [4.78, 5) is 25.2. The summed E-state index contributed by atoms with van der Waals surface area (Å²) in [7, 11) is 0. The number of hydrogen-bond donors (Lipinski definition) is 1. The summed E-state index contributed by atoms with van der Waals surface area (Å²) in [5.74, 6) is -0.603. The van der Waals surface area contributed by atoms with Crippen molar-refractivity contribution in [3.05, 3.63) is 56.5 Å². The van der Waals surface area contributed by atoms with E-state index in [4.69, 9.17) is 4.74 Å². The molecule has 1 heterocycles. The molecule has 0 aliphatic carbocycles. The zero-order valence-electron chi connectivity index (χ0n) is 14.8. The quantitative estimate of drug-likeness (QED) is 0.676. The van der Waals surface area contributed by atoms with Crippen LogP contribution in [0.3, 0.4) is 0 Å². The molecule has 2 rings (SSSR count). The maximum atomic E-state index is 12.7. The molecule has 2 aromatic rings. The highest BCUT2D eigenvalue weighted by atomic mass is 32.1. The molecular weight excluding hydrogens is 322 g/mol. The van der Waals surface area contributed by atoms with Crippen LogP contribution < -0.4 is 5.56 Å². The molecule has 0 saturated heterocycles. The number of carbonyl (C=O) groups excluding carboxylic acids is 1. The van der Waals surface area contributed by atoms with Gasteiger partial charge in [-0.1, -0.05) is 49.1 Å². The van der Waals surface area contributed by atoms with Crippen LogP contribution in [0.2, 0.25) is 0 Å². The second-order valence-corrected chi connectivity index (χ2v) is 6.28. The predicted molar refractivity (Wildman–Crippen MR) is 100 cm³/mol. The van der Waals surface area contributed by atoms with Crippen molar-refractivity contribution in [2.24, 2.45) is 0 Å². The molecule has 1 aromatic carbocycles. The molecule has 4 nitrogen and oxygen atoms in total. The largest absolute Gasteiger partial charge is 0.462 e. The van der Waals surface area contributed by atoms with Gasteiger partial charge in [0.05, 0.1) is 6.61 Å². The Labute approximate surface area is 148 Å². The zero-order valence-corrected chi connectivity index (χ0v) is 15.7. The number of pyridine rings is 1. The van der Waals surface area contributed by atoms with Gasteiger partial charge in [0, 0.05) is 11.3 Å². The van der Waals surface area contributed by atoms with Crippen molar-refractivity contribution in [2.45, 2.75) is 41.0 Å². The van der Waals surface area contributed by atoms with Gasteiger partial charge in [-0.05, 0) is 45.2 Å². The molecule has 0 aliphatic rings. The van der Waals surface area contributed by atoms with Gasteiger partial charge in [0.2, 0.25) is 0 Å². The van der Waals surface area contributed by atoms with Gasteiger partial charge in [0.15, 0.2) is 0 Å². The van der Waals surface area contributed by atoms with E-state index in [0.29, 0.717) is 12.0 Å². The lowest BCUT2D eigenvalue weighted by atomic mass is 9.91. The normalized spacial score (nSPS) is 10.8. The molecule has 0 N–H and O–H groups in total. The van der Waals surface area contributed by atoms with Crippen LogP contribution in [0.25, 0.3) is 11.1 Å². The Morgan fingerprint density at radius 2 is 1.71 bits per heavy atom. The summed E-state index contributed by atoms with van der Waals surface area (Å²) in [6, 6.07) is 6.05. The minimum atomic E-state index is -0.603. The highest BCUT2D eigenvalue weighted by Crippen LogP contribution is 2.31. The van der Waals surface area contributed by atoms with E-state index < -0.39 is 11.5 Å². The van der Waals surface area contributed by atoms with E-state index in [9.17, 15) is 9.59 Å². The van der Waals surface area contributed by atoms with Gasteiger partial charge in [-0.15, -0.1) is 0 Å². The van der Waals surface area contributed by atoms with Crippen molar-refractivity contribution in [1.29, 1.82) is 0 Å². The van der Waals surface area contributed by atoms with Crippen molar-refractivity contribution < 1.29 is 9.53 Å². The molecule has 0 bridgehead atoms. The molecule has 0 amide bonds. The van der Waals surface area contributed by atoms with Gasteiger partial charge >= 0.3 is 5.97 Å². The Balaban J connectivity index is 2.95. The molecule has 128 valence electrons. The van der Waals surface area contributed by atoms with Gasteiger partial charge < -0.3 is 4.74 Å². The number of esters is 1. The van der Waals surface area contributed by atoms with Crippen LogP contribution in [0.4, 0.5) is 0 Å². The fourth-order valence-electron chi connectivity index (χ4n) is 3.09. The first kappa shape index (κ1) is 18.3. The Kier molecular flexibility index (Phi) is 5.54. The van der Waals surface area contributed by atoms with Gasteiger partial charge in [0.25, 0.3) is 5.56 Å². The molecule has 0 spiro atoms. The lowest BCUT2D eigenvalue weighted by molar-refractivity contribution is 0.0525. The topological polar surface area (TPSA) is 48.3 Å². The predicted octanol–water partition coefficient (Wildman–Crippen LogP) is 3.87. The van der Waals surface area contributed by atoms with E-state index in [0.717, 1.165) is 27.9 Å². The van der Waals surface area contributed by atoms with E-state index in [1.165, 1.54) is 3.97 Å². The molecule has 0 fully saturated rings. The molecule has 5 heteroatoms. The van der Waals surface area contributed by atoms with Crippen molar-refractivity contribution in [3.63, 3.8) is 0 Å². The number of aromatic nitrogens is 1. The van der Waals surface area contributed by atoms with Gasteiger partial charge in [-0.25, -0.2) is 4.79 Å². The van der Waals surface area contributed by atoms with Crippen LogP contribution in [0.15, 0.2) is 23.0 Å².